The minimum atomic E-state index is -0.0796. The minimum absolute atomic E-state index is 0.0791. The van der Waals surface area contributed by atoms with E-state index in [1.54, 1.807) is 0 Å². The molecule has 9 nitrogen and oxygen atoms in total. The monoisotopic (exact) mass is 752 g/mol. The van der Waals surface area contributed by atoms with Crippen LogP contribution in [0, 0.1) is 0 Å². The lowest BCUT2D eigenvalue weighted by atomic mass is 10.1. The zero-order chi connectivity index (χ0) is 38.3. The van der Waals surface area contributed by atoms with Crippen molar-refractivity contribution in [2.24, 2.45) is 5.73 Å². The standard InChI is InChI=1S/C44H89N5O4/c1-3-5-7-9-11-13-15-17-19-21-23-25-41-52-43(50)27-30-46-31-34-48-36-39-49(40-37-48)38-35-47(33-29-45)32-28-44(51)53-42-26-24-22-20-18-16-14-12-10-8-6-4-2/h46H,3-42,45H2,1-2H3. The fourth-order valence-electron chi connectivity index (χ4n) is 7.24. The SMILES string of the molecule is CCCCCCCCCCCCCCOC(=O)CCNCCN1CCN(CCN(CCN)CCC(=O)OCCCCCCCCCCCCCC)CC1. The number of carbonyl (C=O) groups excluding carboxylic acids is 2. The van der Waals surface area contributed by atoms with Gasteiger partial charge in [0.25, 0.3) is 0 Å². The van der Waals surface area contributed by atoms with E-state index in [0.717, 1.165) is 84.6 Å². The number of esters is 2. The number of ether oxygens (including phenoxy) is 2. The van der Waals surface area contributed by atoms with E-state index >= 15 is 0 Å². The van der Waals surface area contributed by atoms with E-state index in [1.807, 2.05) is 0 Å². The van der Waals surface area contributed by atoms with Gasteiger partial charge in [-0.15, -0.1) is 0 Å². The summed E-state index contributed by atoms with van der Waals surface area (Å²) in [5, 5.41) is 3.42. The molecule has 1 heterocycles. The quantitative estimate of drug-likeness (QED) is 0.0471. The highest BCUT2D eigenvalue weighted by Crippen LogP contribution is 2.13. The molecule has 314 valence electrons. The Kier molecular flexibility index (Phi) is 36.6. The summed E-state index contributed by atoms with van der Waals surface area (Å²) in [6, 6.07) is 0. The van der Waals surface area contributed by atoms with Gasteiger partial charge in [-0.3, -0.25) is 19.4 Å². The van der Waals surface area contributed by atoms with Crippen molar-refractivity contribution >= 4 is 11.9 Å². The van der Waals surface area contributed by atoms with Gasteiger partial charge in [-0.1, -0.05) is 155 Å². The Morgan fingerprint density at radius 1 is 0.509 bits per heavy atom. The van der Waals surface area contributed by atoms with Gasteiger partial charge in [-0.25, -0.2) is 0 Å². The van der Waals surface area contributed by atoms with Gasteiger partial charge < -0.3 is 25.4 Å². The van der Waals surface area contributed by atoms with Crippen LogP contribution < -0.4 is 11.1 Å². The average molecular weight is 752 g/mol. The average Bonchev–Trinajstić information content (AvgIpc) is 3.16. The Bertz CT molecular complexity index is 796. The highest BCUT2D eigenvalue weighted by molar-refractivity contribution is 5.69. The molecule has 9 heteroatoms. The summed E-state index contributed by atoms with van der Waals surface area (Å²) in [5.41, 5.74) is 5.89. The van der Waals surface area contributed by atoms with Crippen LogP contribution in [0.3, 0.4) is 0 Å². The van der Waals surface area contributed by atoms with Crippen LogP contribution in [0.2, 0.25) is 0 Å². The molecule has 0 aromatic heterocycles. The predicted octanol–water partition coefficient (Wildman–Crippen LogP) is 8.72. The van der Waals surface area contributed by atoms with Gasteiger partial charge in [-0.05, 0) is 12.8 Å². The summed E-state index contributed by atoms with van der Waals surface area (Å²) in [5.74, 6) is -0.159. The molecule has 53 heavy (non-hydrogen) atoms. The molecule has 0 aromatic carbocycles. The van der Waals surface area contributed by atoms with Crippen LogP contribution in [0.25, 0.3) is 0 Å². The van der Waals surface area contributed by atoms with E-state index in [2.05, 4.69) is 33.9 Å². The van der Waals surface area contributed by atoms with Gasteiger partial charge in [0.2, 0.25) is 0 Å². The molecule has 3 N–H and O–H groups in total. The Hall–Kier alpha value is -1.26. The third kappa shape index (κ3) is 33.8. The van der Waals surface area contributed by atoms with E-state index in [0.29, 0.717) is 45.7 Å². The Morgan fingerprint density at radius 2 is 0.906 bits per heavy atom. The number of hydrogen-bond acceptors (Lipinski definition) is 9. The summed E-state index contributed by atoms with van der Waals surface area (Å²) in [4.78, 5) is 31.8. The maximum absolute atomic E-state index is 12.4. The number of nitrogens with zero attached hydrogens (tertiary/aromatic N) is 3. The van der Waals surface area contributed by atoms with E-state index < -0.39 is 0 Å². The van der Waals surface area contributed by atoms with Crippen LogP contribution in [-0.2, 0) is 19.1 Å². The van der Waals surface area contributed by atoms with Crippen LogP contribution in [0.5, 0.6) is 0 Å². The second-order valence-electron chi connectivity index (χ2n) is 15.8. The number of carbonyl (C=O) groups is 2. The molecule has 0 atom stereocenters. The number of rotatable bonds is 40. The Morgan fingerprint density at radius 3 is 1.34 bits per heavy atom. The molecule has 0 radical (unpaired) electrons. The topological polar surface area (TPSA) is 100 Å². The van der Waals surface area contributed by atoms with Crippen LogP contribution >= 0.6 is 0 Å². The van der Waals surface area contributed by atoms with Crippen molar-refractivity contribution in [3.63, 3.8) is 0 Å². The number of piperazine rings is 1. The second kappa shape index (κ2) is 39.0. The van der Waals surface area contributed by atoms with Gasteiger partial charge in [0.05, 0.1) is 26.1 Å². The van der Waals surface area contributed by atoms with Crippen molar-refractivity contribution in [3.8, 4) is 0 Å². The summed E-state index contributed by atoms with van der Waals surface area (Å²) in [6.45, 7) is 16.5. The fourth-order valence-corrected chi connectivity index (χ4v) is 7.24. The maximum Gasteiger partial charge on any atom is 0.307 e. The molecule has 0 spiro atoms. The molecule has 1 rings (SSSR count). The molecular formula is C44H89N5O4. The number of unbranched alkanes of at least 4 members (excludes halogenated alkanes) is 22. The van der Waals surface area contributed by atoms with E-state index in [-0.39, 0.29) is 11.9 Å². The molecule has 0 bridgehead atoms. The highest BCUT2D eigenvalue weighted by Gasteiger charge is 2.18. The smallest absolute Gasteiger partial charge is 0.307 e. The van der Waals surface area contributed by atoms with Crippen molar-refractivity contribution in [1.29, 1.82) is 0 Å². The number of nitrogens with one attached hydrogen (secondary N) is 1. The summed E-state index contributed by atoms with van der Waals surface area (Å²) in [7, 11) is 0. The van der Waals surface area contributed by atoms with Gasteiger partial charge in [0.1, 0.15) is 0 Å². The summed E-state index contributed by atoms with van der Waals surface area (Å²) in [6.07, 6.45) is 32.4. The highest BCUT2D eigenvalue weighted by atomic mass is 16.5. The summed E-state index contributed by atoms with van der Waals surface area (Å²) < 4.78 is 11.0. The molecule has 1 aliphatic rings. The van der Waals surface area contributed by atoms with E-state index in [1.165, 1.54) is 128 Å². The Labute approximate surface area is 328 Å². The third-order valence-electron chi connectivity index (χ3n) is 10.9. The van der Waals surface area contributed by atoms with Crippen molar-refractivity contribution < 1.29 is 19.1 Å². The molecular weight excluding hydrogens is 663 g/mol. The van der Waals surface area contributed by atoms with Crippen molar-refractivity contribution in [1.82, 2.24) is 20.0 Å². The minimum Gasteiger partial charge on any atom is -0.466 e. The lowest BCUT2D eigenvalue weighted by Gasteiger charge is -2.35. The van der Waals surface area contributed by atoms with Gasteiger partial charge in [0.15, 0.2) is 0 Å². The molecule has 1 fully saturated rings. The van der Waals surface area contributed by atoms with Crippen molar-refractivity contribution in [2.75, 3.05) is 91.8 Å². The number of hydrogen-bond donors (Lipinski definition) is 2. The van der Waals surface area contributed by atoms with Gasteiger partial charge >= 0.3 is 11.9 Å². The first-order valence-electron chi connectivity index (χ1n) is 23.0. The van der Waals surface area contributed by atoms with Gasteiger partial charge in [0, 0.05) is 78.5 Å². The van der Waals surface area contributed by atoms with Crippen LogP contribution in [0.15, 0.2) is 0 Å². The zero-order valence-corrected chi connectivity index (χ0v) is 35.3. The molecule has 0 amide bonds. The molecule has 0 saturated carbocycles. The van der Waals surface area contributed by atoms with E-state index in [4.69, 9.17) is 15.2 Å². The largest absolute Gasteiger partial charge is 0.466 e. The molecule has 0 aromatic rings. The van der Waals surface area contributed by atoms with Crippen molar-refractivity contribution in [2.45, 2.75) is 181 Å². The second-order valence-corrected chi connectivity index (χ2v) is 15.8. The first-order chi connectivity index (χ1) is 26.1. The molecule has 1 saturated heterocycles. The zero-order valence-electron chi connectivity index (χ0n) is 35.3. The van der Waals surface area contributed by atoms with E-state index in [9.17, 15) is 9.59 Å². The molecule has 0 aliphatic carbocycles. The summed E-state index contributed by atoms with van der Waals surface area (Å²) >= 11 is 0. The lowest BCUT2D eigenvalue weighted by molar-refractivity contribution is -0.144. The maximum atomic E-state index is 12.4. The van der Waals surface area contributed by atoms with Crippen molar-refractivity contribution in [3.05, 3.63) is 0 Å². The molecule has 0 unspecified atom stereocenters. The Balaban J connectivity index is 1.94. The fraction of sp³-hybridized carbons (Fsp3) is 0.955. The van der Waals surface area contributed by atoms with Crippen LogP contribution in [0.4, 0.5) is 0 Å². The lowest BCUT2D eigenvalue weighted by Crippen LogP contribution is -2.50. The first-order valence-corrected chi connectivity index (χ1v) is 23.0. The first kappa shape index (κ1) is 49.8. The molecule has 1 aliphatic heterocycles. The van der Waals surface area contributed by atoms with Crippen LogP contribution in [-0.4, -0.2) is 118 Å². The normalized spacial score (nSPS) is 14.0. The van der Waals surface area contributed by atoms with Crippen LogP contribution in [0.1, 0.15) is 181 Å². The predicted molar refractivity (Wildman–Crippen MR) is 225 cm³/mol. The van der Waals surface area contributed by atoms with Gasteiger partial charge in [-0.2, -0.15) is 0 Å². The number of nitrogens with two attached hydrogens (primary N) is 1. The third-order valence-corrected chi connectivity index (χ3v) is 10.9.